The molecule has 0 bridgehead atoms. The van der Waals surface area contributed by atoms with Crippen molar-refractivity contribution in [2.24, 2.45) is 17.3 Å². The van der Waals surface area contributed by atoms with Crippen molar-refractivity contribution in [3.63, 3.8) is 0 Å². The summed E-state index contributed by atoms with van der Waals surface area (Å²) in [6.45, 7) is 8.82. The Balaban J connectivity index is 2.67. The molecule has 3 heteroatoms. The Labute approximate surface area is 101 Å². The fourth-order valence-electron chi connectivity index (χ4n) is 2.53. The van der Waals surface area contributed by atoms with Gasteiger partial charge in [0.25, 0.3) is 0 Å². The molecule has 1 saturated carbocycles. The highest BCUT2D eigenvalue weighted by molar-refractivity contribution is 9.09. The zero-order valence-corrected chi connectivity index (χ0v) is 11.6. The van der Waals surface area contributed by atoms with E-state index in [1.54, 1.807) is 0 Å². The van der Waals surface area contributed by atoms with E-state index in [0.717, 1.165) is 0 Å². The Morgan fingerprint density at radius 3 is 2.60 bits per heavy atom. The van der Waals surface area contributed by atoms with Gasteiger partial charge in [-0.05, 0) is 24.2 Å². The van der Waals surface area contributed by atoms with Gasteiger partial charge in [-0.2, -0.15) is 0 Å². The molecule has 88 valence electrons. The number of rotatable bonds is 2. The van der Waals surface area contributed by atoms with Crippen molar-refractivity contribution in [3.05, 3.63) is 0 Å². The monoisotopic (exact) mass is 276 g/mol. The SMILES string of the molecule is CC(=O)OCC1C(C)CCC(Br)C1(C)C. The van der Waals surface area contributed by atoms with Crippen LogP contribution >= 0.6 is 15.9 Å². The predicted octanol–water partition coefficient (Wildman–Crippen LogP) is 3.39. The van der Waals surface area contributed by atoms with Gasteiger partial charge in [0.15, 0.2) is 0 Å². The first kappa shape index (κ1) is 13.0. The molecule has 0 heterocycles. The van der Waals surface area contributed by atoms with Gasteiger partial charge in [0, 0.05) is 17.7 Å². The standard InChI is InChI=1S/C12H21BrO2/c1-8-5-6-11(13)12(3,4)10(8)7-15-9(2)14/h8,10-11H,5-7H2,1-4H3. The number of ether oxygens (including phenoxy) is 1. The summed E-state index contributed by atoms with van der Waals surface area (Å²) < 4.78 is 5.18. The zero-order valence-electron chi connectivity index (χ0n) is 10.0. The summed E-state index contributed by atoms with van der Waals surface area (Å²) in [4.78, 5) is 11.4. The minimum atomic E-state index is -0.172. The molecule has 0 aromatic heterocycles. The molecule has 3 atom stereocenters. The molecule has 15 heavy (non-hydrogen) atoms. The first-order valence-corrected chi connectivity index (χ1v) is 6.54. The largest absolute Gasteiger partial charge is 0.466 e. The lowest BCUT2D eigenvalue weighted by molar-refractivity contribution is -0.145. The van der Waals surface area contributed by atoms with E-state index in [1.807, 2.05) is 0 Å². The lowest BCUT2D eigenvalue weighted by Gasteiger charge is -2.46. The van der Waals surface area contributed by atoms with E-state index >= 15 is 0 Å². The minimum absolute atomic E-state index is 0.172. The number of halogens is 1. The number of alkyl halides is 1. The van der Waals surface area contributed by atoms with Crippen LogP contribution in [0.5, 0.6) is 0 Å². The van der Waals surface area contributed by atoms with Gasteiger partial charge < -0.3 is 4.74 Å². The van der Waals surface area contributed by atoms with Crippen LogP contribution in [0.2, 0.25) is 0 Å². The van der Waals surface area contributed by atoms with Gasteiger partial charge in [-0.1, -0.05) is 36.7 Å². The summed E-state index contributed by atoms with van der Waals surface area (Å²) in [5.74, 6) is 0.919. The Hall–Kier alpha value is -0.0500. The average Bonchev–Trinajstić information content (AvgIpc) is 2.11. The molecule has 0 radical (unpaired) electrons. The van der Waals surface area contributed by atoms with Gasteiger partial charge >= 0.3 is 5.97 Å². The maximum atomic E-state index is 10.9. The van der Waals surface area contributed by atoms with E-state index in [4.69, 9.17) is 4.74 Å². The van der Waals surface area contributed by atoms with Crippen molar-refractivity contribution in [3.8, 4) is 0 Å². The molecule has 0 aliphatic heterocycles. The Morgan fingerprint density at radius 1 is 1.47 bits per heavy atom. The summed E-state index contributed by atoms with van der Waals surface area (Å²) in [7, 11) is 0. The average molecular weight is 277 g/mol. The minimum Gasteiger partial charge on any atom is -0.466 e. The lowest BCUT2D eigenvalue weighted by Crippen LogP contribution is -2.43. The topological polar surface area (TPSA) is 26.3 Å². The van der Waals surface area contributed by atoms with Crippen molar-refractivity contribution in [1.29, 1.82) is 0 Å². The van der Waals surface area contributed by atoms with Crippen LogP contribution in [0.15, 0.2) is 0 Å². The van der Waals surface area contributed by atoms with E-state index in [1.165, 1.54) is 19.8 Å². The van der Waals surface area contributed by atoms with Crippen molar-refractivity contribution >= 4 is 21.9 Å². The lowest BCUT2D eigenvalue weighted by atomic mass is 9.64. The molecule has 1 aliphatic carbocycles. The van der Waals surface area contributed by atoms with Crippen LogP contribution in [0, 0.1) is 17.3 Å². The van der Waals surface area contributed by atoms with E-state index in [2.05, 4.69) is 36.7 Å². The molecule has 0 amide bonds. The van der Waals surface area contributed by atoms with Crippen LogP contribution < -0.4 is 0 Å². The van der Waals surface area contributed by atoms with Crippen LogP contribution in [0.4, 0.5) is 0 Å². The molecule has 1 fully saturated rings. The molecule has 0 aromatic rings. The zero-order chi connectivity index (χ0) is 11.6. The van der Waals surface area contributed by atoms with Crippen LogP contribution in [0.1, 0.15) is 40.5 Å². The van der Waals surface area contributed by atoms with Crippen molar-refractivity contribution in [1.82, 2.24) is 0 Å². The smallest absolute Gasteiger partial charge is 0.302 e. The maximum Gasteiger partial charge on any atom is 0.302 e. The summed E-state index contributed by atoms with van der Waals surface area (Å²) in [6, 6.07) is 0. The van der Waals surface area contributed by atoms with Crippen LogP contribution in [0.25, 0.3) is 0 Å². The molecule has 1 aliphatic rings. The highest BCUT2D eigenvalue weighted by Crippen LogP contribution is 2.47. The van der Waals surface area contributed by atoms with E-state index in [0.29, 0.717) is 23.3 Å². The van der Waals surface area contributed by atoms with E-state index in [9.17, 15) is 4.79 Å². The van der Waals surface area contributed by atoms with Crippen molar-refractivity contribution in [2.45, 2.75) is 45.4 Å². The summed E-state index contributed by atoms with van der Waals surface area (Å²) in [5.41, 5.74) is 0.202. The van der Waals surface area contributed by atoms with Gasteiger partial charge in [-0.3, -0.25) is 4.79 Å². The fourth-order valence-corrected chi connectivity index (χ4v) is 3.14. The third kappa shape index (κ3) is 2.96. The molecule has 2 nitrogen and oxygen atoms in total. The quantitative estimate of drug-likeness (QED) is 0.571. The van der Waals surface area contributed by atoms with E-state index < -0.39 is 0 Å². The van der Waals surface area contributed by atoms with Gasteiger partial charge in [-0.25, -0.2) is 0 Å². The maximum absolute atomic E-state index is 10.9. The molecule has 0 spiro atoms. The summed E-state index contributed by atoms with van der Waals surface area (Å²) >= 11 is 3.74. The highest BCUT2D eigenvalue weighted by Gasteiger charge is 2.43. The number of esters is 1. The van der Waals surface area contributed by atoms with Crippen LogP contribution in [0.3, 0.4) is 0 Å². The first-order chi connectivity index (χ1) is 6.85. The molecule has 1 rings (SSSR count). The Bertz CT molecular complexity index is 238. The molecule has 0 aromatic carbocycles. The second kappa shape index (κ2) is 4.86. The summed E-state index contributed by atoms with van der Waals surface area (Å²) in [6.07, 6.45) is 2.43. The van der Waals surface area contributed by atoms with Crippen LogP contribution in [-0.2, 0) is 9.53 Å². The van der Waals surface area contributed by atoms with Crippen molar-refractivity contribution in [2.75, 3.05) is 6.61 Å². The predicted molar refractivity (Wildman–Crippen MR) is 65.0 cm³/mol. The van der Waals surface area contributed by atoms with Crippen molar-refractivity contribution < 1.29 is 9.53 Å². The molecule has 0 saturated heterocycles. The summed E-state index contributed by atoms with van der Waals surface area (Å²) in [5, 5.41) is 0. The molecular formula is C12H21BrO2. The Kier molecular flexibility index (Phi) is 4.21. The first-order valence-electron chi connectivity index (χ1n) is 5.63. The fraction of sp³-hybridized carbons (Fsp3) is 0.917. The number of carbonyl (C=O) groups is 1. The molecule has 0 N–H and O–H groups in total. The number of carbonyl (C=O) groups excluding carboxylic acids is 1. The second-order valence-corrected chi connectivity index (χ2v) is 6.36. The normalized spacial score (nSPS) is 34.9. The van der Waals surface area contributed by atoms with Gasteiger partial charge in [-0.15, -0.1) is 0 Å². The third-order valence-electron chi connectivity index (χ3n) is 3.79. The number of hydrogen-bond acceptors (Lipinski definition) is 2. The molecule has 3 unspecified atom stereocenters. The third-order valence-corrected chi connectivity index (χ3v) is 5.43. The van der Waals surface area contributed by atoms with Crippen LogP contribution in [-0.4, -0.2) is 17.4 Å². The van der Waals surface area contributed by atoms with Gasteiger partial charge in [0.1, 0.15) is 0 Å². The Morgan fingerprint density at radius 2 is 2.07 bits per heavy atom. The second-order valence-electron chi connectivity index (χ2n) is 5.25. The molecular weight excluding hydrogens is 256 g/mol. The number of hydrogen-bond donors (Lipinski definition) is 0. The van der Waals surface area contributed by atoms with Gasteiger partial charge in [0.05, 0.1) is 6.61 Å². The highest BCUT2D eigenvalue weighted by atomic mass is 79.9. The van der Waals surface area contributed by atoms with Gasteiger partial charge in [0.2, 0.25) is 0 Å². The van der Waals surface area contributed by atoms with E-state index in [-0.39, 0.29) is 11.4 Å².